The molecule has 1 saturated heterocycles. The summed E-state index contributed by atoms with van der Waals surface area (Å²) < 4.78 is 21.0. The molecule has 0 spiro atoms. The van der Waals surface area contributed by atoms with Crippen LogP contribution in [0.1, 0.15) is 11.7 Å². The molecule has 144 valence electrons. The van der Waals surface area contributed by atoms with Gasteiger partial charge >= 0.3 is 11.8 Å². The summed E-state index contributed by atoms with van der Waals surface area (Å²) in [7, 11) is 1.94. The molecule has 2 heterocycles. The molecular formula is C19H23FN4O3. The van der Waals surface area contributed by atoms with Crippen LogP contribution in [0.4, 0.5) is 10.1 Å². The Balaban J connectivity index is 1.64. The molecule has 1 aliphatic rings. The van der Waals surface area contributed by atoms with E-state index < -0.39 is 17.6 Å². The van der Waals surface area contributed by atoms with Crippen molar-refractivity contribution in [1.29, 1.82) is 0 Å². The lowest BCUT2D eigenvalue weighted by molar-refractivity contribution is -0.136. The molecule has 0 saturated carbocycles. The van der Waals surface area contributed by atoms with Crippen LogP contribution >= 0.6 is 0 Å². The van der Waals surface area contributed by atoms with Crippen LogP contribution in [0.2, 0.25) is 0 Å². The molecule has 0 radical (unpaired) electrons. The number of ether oxygens (including phenoxy) is 1. The quantitative estimate of drug-likeness (QED) is 0.774. The second-order valence-corrected chi connectivity index (χ2v) is 6.35. The number of hydrogen-bond donors (Lipinski definition) is 2. The number of carbonyl (C=O) groups is 2. The number of benzene rings is 1. The predicted octanol–water partition coefficient (Wildman–Crippen LogP) is 1.29. The molecule has 1 fully saturated rings. The average molecular weight is 374 g/mol. The van der Waals surface area contributed by atoms with Crippen LogP contribution in [0.15, 0.2) is 42.6 Å². The van der Waals surface area contributed by atoms with Gasteiger partial charge in [-0.3, -0.25) is 14.5 Å². The van der Waals surface area contributed by atoms with E-state index in [1.165, 1.54) is 18.2 Å². The molecule has 1 unspecified atom stereocenters. The Labute approximate surface area is 157 Å². The number of carbonyl (C=O) groups excluding carboxylic acids is 2. The third-order valence-electron chi connectivity index (χ3n) is 4.60. The monoisotopic (exact) mass is 374 g/mol. The smallest absolute Gasteiger partial charge is 0.313 e. The van der Waals surface area contributed by atoms with E-state index in [2.05, 4.69) is 15.5 Å². The Bertz CT molecular complexity index is 802. The summed E-state index contributed by atoms with van der Waals surface area (Å²) in [6.07, 6.45) is 1.94. The van der Waals surface area contributed by atoms with Gasteiger partial charge in [0, 0.05) is 38.6 Å². The van der Waals surface area contributed by atoms with Crippen LogP contribution in [0.3, 0.4) is 0 Å². The number of hydrogen-bond acceptors (Lipinski definition) is 4. The molecule has 0 aliphatic carbocycles. The fourth-order valence-corrected chi connectivity index (χ4v) is 3.14. The molecule has 1 aromatic heterocycles. The molecule has 2 aromatic rings. The van der Waals surface area contributed by atoms with Gasteiger partial charge in [-0.25, -0.2) is 4.39 Å². The number of amides is 2. The average Bonchev–Trinajstić information content (AvgIpc) is 3.10. The summed E-state index contributed by atoms with van der Waals surface area (Å²) in [6.45, 7) is 3.01. The molecule has 1 atom stereocenters. The molecule has 0 bridgehead atoms. The Kier molecular flexibility index (Phi) is 6.20. The van der Waals surface area contributed by atoms with E-state index in [0.29, 0.717) is 13.2 Å². The van der Waals surface area contributed by atoms with Crippen LogP contribution in [-0.4, -0.2) is 54.1 Å². The predicted molar refractivity (Wildman–Crippen MR) is 98.6 cm³/mol. The van der Waals surface area contributed by atoms with E-state index in [1.54, 1.807) is 6.07 Å². The van der Waals surface area contributed by atoms with Crippen molar-refractivity contribution in [3.05, 3.63) is 54.1 Å². The number of nitrogens with one attached hydrogen (secondary N) is 2. The number of aryl methyl sites for hydroxylation is 1. The number of para-hydroxylation sites is 1. The Morgan fingerprint density at radius 1 is 1.15 bits per heavy atom. The number of nitrogens with zero attached hydrogens (tertiary/aromatic N) is 2. The lowest BCUT2D eigenvalue weighted by atomic mass is 10.1. The SMILES string of the molecule is Cn1cccc1C(CNC(=O)C(=O)Nc1ccccc1F)N1CCOCC1. The first kappa shape index (κ1) is 19.1. The Hall–Kier alpha value is -2.71. The zero-order valence-electron chi connectivity index (χ0n) is 15.2. The first-order valence-corrected chi connectivity index (χ1v) is 8.83. The number of rotatable bonds is 5. The highest BCUT2D eigenvalue weighted by Crippen LogP contribution is 2.21. The van der Waals surface area contributed by atoms with E-state index in [4.69, 9.17) is 4.74 Å². The molecule has 3 rings (SSSR count). The summed E-state index contributed by atoms with van der Waals surface area (Å²) in [6, 6.07) is 9.57. The fraction of sp³-hybridized carbons (Fsp3) is 0.368. The van der Waals surface area contributed by atoms with Crippen LogP contribution < -0.4 is 10.6 Å². The summed E-state index contributed by atoms with van der Waals surface area (Å²) in [5, 5.41) is 4.96. The van der Waals surface area contributed by atoms with Crippen molar-refractivity contribution in [3.63, 3.8) is 0 Å². The molecule has 2 N–H and O–H groups in total. The van der Waals surface area contributed by atoms with E-state index in [-0.39, 0.29) is 18.3 Å². The lowest BCUT2D eigenvalue weighted by Crippen LogP contribution is -2.46. The molecule has 27 heavy (non-hydrogen) atoms. The van der Waals surface area contributed by atoms with E-state index in [0.717, 1.165) is 18.8 Å². The van der Waals surface area contributed by atoms with Gasteiger partial charge in [-0.1, -0.05) is 12.1 Å². The maximum Gasteiger partial charge on any atom is 0.313 e. The van der Waals surface area contributed by atoms with E-state index in [9.17, 15) is 14.0 Å². The van der Waals surface area contributed by atoms with Crippen molar-refractivity contribution in [3.8, 4) is 0 Å². The topological polar surface area (TPSA) is 75.6 Å². The van der Waals surface area contributed by atoms with E-state index in [1.807, 2.05) is 29.9 Å². The van der Waals surface area contributed by atoms with Crippen LogP contribution in [0.25, 0.3) is 0 Å². The second-order valence-electron chi connectivity index (χ2n) is 6.35. The highest BCUT2D eigenvalue weighted by molar-refractivity contribution is 6.39. The number of halogens is 1. The van der Waals surface area contributed by atoms with Gasteiger partial charge in [0.05, 0.1) is 24.9 Å². The molecule has 8 heteroatoms. The first-order valence-electron chi connectivity index (χ1n) is 8.83. The van der Waals surface area contributed by atoms with Crippen molar-refractivity contribution in [2.24, 2.45) is 7.05 Å². The molecule has 1 aliphatic heterocycles. The standard InChI is InChI=1S/C19H23FN4O3/c1-23-8-4-7-16(23)17(24-9-11-27-12-10-24)13-21-18(25)19(26)22-15-6-3-2-5-14(15)20/h2-8,17H,9-13H2,1H3,(H,21,25)(H,22,26). The first-order chi connectivity index (χ1) is 13.1. The minimum absolute atomic E-state index is 0.0233. The summed E-state index contributed by atoms with van der Waals surface area (Å²) in [5.41, 5.74) is 1.01. The summed E-state index contributed by atoms with van der Waals surface area (Å²) in [4.78, 5) is 26.5. The van der Waals surface area contributed by atoms with Crippen LogP contribution in [-0.2, 0) is 21.4 Å². The van der Waals surface area contributed by atoms with Crippen LogP contribution in [0.5, 0.6) is 0 Å². The van der Waals surface area contributed by atoms with Crippen molar-refractivity contribution in [2.45, 2.75) is 6.04 Å². The lowest BCUT2D eigenvalue weighted by Gasteiger charge is -2.34. The van der Waals surface area contributed by atoms with Gasteiger partial charge in [0.1, 0.15) is 5.82 Å². The number of aromatic nitrogens is 1. The van der Waals surface area contributed by atoms with Gasteiger partial charge in [0.2, 0.25) is 0 Å². The Morgan fingerprint density at radius 3 is 2.56 bits per heavy atom. The normalized spacial score (nSPS) is 15.9. The zero-order chi connectivity index (χ0) is 19.2. The summed E-state index contributed by atoms with van der Waals surface area (Å²) in [5.74, 6) is -2.29. The zero-order valence-corrected chi connectivity index (χ0v) is 15.2. The van der Waals surface area contributed by atoms with Gasteiger partial charge in [-0.2, -0.15) is 0 Å². The third kappa shape index (κ3) is 4.72. The van der Waals surface area contributed by atoms with Crippen LogP contribution in [0, 0.1) is 5.82 Å². The minimum Gasteiger partial charge on any atom is -0.379 e. The second kappa shape index (κ2) is 8.79. The van der Waals surface area contributed by atoms with Crippen molar-refractivity contribution in [2.75, 3.05) is 38.2 Å². The molecule has 7 nitrogen and oxygen atoms in total. The van der Waals surface area contributed by atoms with Gasteiger partial charge in [-0.05, 0) is 24.3 Å². The van der Waals surface area contributed by atoms with E-state index >= 15 is 0 Å². The van der Waals surface area contributed by atoms with Gasteiger partial charge in [0.15, 0.2) is 0 Å². The van der Waals surface area contributed by atoms with Gasteiger partial charge < -0.3 is 19.9 Å². The van der Waals surface area contributed by atoms with Gasteiger partial charge in [0.25, 0.3) is 0 Å². The molecule has 2 amide bonds. The van der Waals surface area contributed by atoms with Crippen molar-refractivity contribution >= 4 is 17.5 Å². The molecular weight excluding hydrogens is 351 g/mol. The molecule has 1 aromatic carbocycles. The number of anilines is 1. The maximum absolute atomic E-state index is 13.6. The largest absolute Gasteiger partial charge is 0.379 e. The highest BCUT2D eigenvalue weighted by Gasteiger charge is 2.26. The maximum atomic E-state index is 13.6. The van der Waals surface area contributed by atoms with Crippen molar-refractivity contribution in [1.82, 2.24) is 14.8 Å². The minimum atomic E-state index is -0.896. The Morgan fingerprint density at radius 2 is 1.89 bits per heavy atom. The van der Waals surface area contributed by atoms with Gasteiger partial charge in [-0.15, -0.1) is 0 Å². The highest BCUT2D eigenvalue weighted by atomic mass is 19.1. The third-order valence-corrected chi connectivity index (χ3v) is 4.60. The number of morpholine rings is 1. The summed E-state index contributed by atoms with van der Waals surface area (Å²) >= 11 is 0. The van der Waals surface area contributed by atoms with Crippen molar-refractivity contribution < 1.29 is 18.7 Å². The fourth-order valence-electron chi connectivity index (χ4n) is 3.14.